The maximum atomic E-state index is 12.2. The Balaban J connectivity index is 1.80. The first-order valence-electron chi connectivity index (χ1n) is 8.42. The van der Waals surface area contributed by atoms with Gasteiger partial charge in [-0.3, -0.25) is 9.69 Å². The fraction of sp³-hybridized carbons (Fsp3) is 0.211. The van der Waals surface area contributed by atoms with Crippen LogP contribution in [0, 0.1) is 24.0 Å². The number of hydrogen-bond donors (Lipinski definition) is 0. The van der Waals surface area contributed by atoms with E-state index in [1.165, 1.54) is 29.2 Å². The zero-order valence-electron chi connectivity index (χ0n) is 15.6. The summed E-state index contributed by atoms with van der Waals surface area (Å²) >= 11 is 1.30. The number of carbonyl (C=O) groups is 1. The van der Waals surface area contributed by atoms with E-state index in [-0.39, 0.29) is 24.1 Å². The van der Waals surface area contributed by atoms with E-state index in [4.69, 9.17) is 4.74 Å². The molecule has 1 aromatic carbocycles. The van der Waals surface area contributed by atoms with Gasteiger partial charge in [-0.25, -0.2) is 4.98 Å². The molecule has 1 amide bonds. The number of carbonyl (C=O) groups excluding carboxylic acids is 1. The lowest BCUT2D eigenvalue weighted by Gasteiger charge is -2.18. The monoisotopic (exact) mass is 398 g/mol. The molecule has 3 aromatic rings. The standard InChI is InChI=1S/C19H18N4O4S/c1-12-5-4-6-16(9-12)22(14(3)24)19-21-15(11-28-19)10-27-17-8-7-13(2)20-18(17)23(25)26/h4-9,11H,10H2,1-3H3. The van der Waals surface area contributed by atoms with Gasteiger partial charge in [0.2, 0.25) is 11.7 Å². The molecule has 0 bridgehead atoms. The summed E-state index contributed by atoms with van der Waals surface area (Å²) < 4.78 is 5.55. The van der Waals surface area contributed by atoms with E-state index in [1.807, 2.05) is 31.2 Å². The smallest absolute Gasteiger partial charge is 0.406 e. The molecule has 0 saturated carbocycles. The van der Waals surface area contributed by atoms with Gasteiger partial charge in [-0.05, 0) is 46.7 Å². The number of ether oxygens (including phenoxy) is 1. The summed E-state index contributed by atoms with van der Waals surface area (Å²) in [7, 11) is 0. The second kappa shape index (κ2) is 8.13. The number of aryl methyl sites for hydroxylation is 2. The number of anilines is 2. The number of nitro groups is 1. The molecule has 0 aliphatic rings. The summed E-state index contributed by atoms with van der Waals surface area (Å²) in [6.07, 6.45) is 0. The van der Waals surface area contributed by atoms with E-state index in [0.717, 1.165) is 11.3 Å². The van der Waals surface area contributed by atoms with Crippen LogP contribution in [0.2, 0.25) is 0 Å². The van der Waals surface area contributed by atoms with Crippen molar-refractivity contribution in [1.82, 2.24) is 9.97 Å². The largest absolute Gasteiger partial charge is 0.479 e. The van der Waals surface area contributed by atoms with Crippen molar-refractivity contribution in [2.45, 2.75) is 27.4 Å². The minimum atomic E-state index is -0.579. The molecule has 0 N–H and O–H groups in total. The van der Waals surface area contributed by atoms with Gasteiger partial charge in [-0.2, -0.15) is 0 Å². The second-order valence-electron chi connectivity index (χ2n) is 6.14. The maximum absolute atomic E-state index is 12.2. The number of amides is 1. The highest BCUT2D eigenvalue weighted by atomic mass is 32.1. The highest BCUT2D eigenvalue weighted by Gasteiger charge is 2.20. The van der Waals surface area contributed by atoms with Crippen molar-refractivity contribution in [3.05, 3.63) is 68.8 Å². The molecule has 2 aromatic heterocycles. The zero-order valence-corrected chi connectivity index (χ0v) is 16.4. The molecule has 2 heterocycles. The van der Waals surface area contributed by atoms with Crippen LogP contribution in [0.25, 0.3) is 0 Å². The number of rotatable bonds is 6. The van der Waals surface area contributed by atoms with Gasteiger partial charge in [0.05, 0.1) is 11.4 Å². The molecule has 0 fully saturated rings. The Morgan fingerprint density at radius 3 is 2.71 bits per heavy atom. The summed E-state index contributed by atoms with van der Waals surface area (Å²) in [5, 5.41) is 13.4. The van der Waals surface area contributed by atoms with Gasteiger partial charge in [0.15, 0.2) is 5.13 Å². The molecule has 144 valence electrons. The minimum Gasteiger partial charge on any atom is -0.479 e. The van der Waals surface area contributed by atoms with Crippen molar-refractivity contribution in [2.24, 2.45) is 0 Å². The molecule has 0 radical (unpaired) electrons. The van der Waals surface area contributed by atoms with Gasteiger partial charge < -0.3 is 14.9 Å². The Bertz CT molecular complexity index is 1030. The SMILES string of the molecule is CC(=O)N(c1cccc(C)c1)c1nc(COc2ccc(C)nc2[N+](=O)[O-])cs1. The molecule has 0 spiro atoms. The predicted octanol–water partition coefficient (Wildman–Crippen LogP) is 4.33. The lowest BCUT2D eigenvalue weighted by molar-refractivity contribution is -0.390. The van der Waals surface area contributed by atoms with Crippen LogP contribution in [0.15, 0.2) is 41.8 Å². The Labute approximate surface area is 165 Å². The number of aromatic nitrogens is 2. The number of thiazole rings is 1. The third-order valence-electron chi connectivity index (χ3n) is 3.83. The zero-order chi connectivity index (χ0) is 20.3. The number of pyridine rings is 1. The maximum Gasteiger partial charge on any atom is 0.406 e. The Morgan fingerprint density at radius 2 is 2.04 bits per heavy atom. The number of hydrogen-bond acceptors (Lipinski definition) is 7. The van der Waals surface area contributed by atoms with Crippen molar-refractivity contribution in [3.8, 4) is 5.75 Å². The van der Waals surface area contributed by atoms with Crippen molar-refractivity contribution < 1.29 is 14.5 Å². The van der Waals surface area contributed by atoms with Crippen LogP contribution in [0.1, 0.15) is 23.9 Å². The van der Waals surface area contributed by atoms with Crippen molar-refractivity contribution >= 4 is 33.9 Å². The van der Waals surface area contributed by atoms with Gasteiger partial charge in [0.25, 0.3) is 0 Å². The Kier molecular flexibility index (Phi) is 5.65. The summed E-state index contributed by atoms with van der Waals surface area (Å²) in [5.41, 5.74) is 2.86. The van der Waals surface area contributed by atoms with E-state index in [0.29, 0.717) is 16.5 Å². The predicted molar refractivity (Wildman–Crippen MR) is 106 cm³/mol. The molecule has 0 aliphatic heterocycles. The quantitative estimate of drug-likeness (QED) is 0.453. The molecule has 0 atom stereocenters. The van der Waals surface area contributed by atoms with Crippen LogP contribution in [-0.2, 0) is 11.4 Å². The van der Waals surface area contributed by atoms with Crippen LogP contribution in [0.4, 0.5) is 16.6 Å². The first-order valence-corrected chi connectivity index (χ1v) is 9.29. The van der Waals surface area contributed by atoms with Crippen LogP contribution in [0.3, 0.4) is 0 Å². The van der Waals surface area contributed by atoms with Crippen LogP contribution < -0.4 is 9.64 Å². The third kappa shape index (κ3) is 4.32. The molecule has 28 heavy (non-hydrogen) atoms. The number of nitrogens with zero attached hydrogens (tertiary/aromatic N) is 4. The molecule has 0 unspecified atom stereocenters. The highest BCUT2D eigenvalue weighted by molar-refractivity contribution is 7.14. The van der Waals surface area contributed by atoms with E-state index < -0.39 is 4.92 Å². The fourth-order valence-corrected chi connectivity index (χ4v) is 3.46. The van der Waals surface area contributed by atoms with Gasteiger partial charge in [-0.15, -0.1) is 11.3 Å². The van der Waals surface area contributed by atoms with Gasteiger partial charge in [-0.1, -0.05) is 12.1 Å². The first kappa shape index (κ1) is 19.4. The highest BCUT2D eigenvalue weighted by Crippen LogP contribution is 2.30. The second-order valence-corrected chi connectivity index (χ2v) is 6.97. The van der Waals surface area contributed by atoms with Crippen molar-refractivity contribution in [3.63, 3.8) is 0 Å². The summed E-state index contributed by atoms with van der Waals surface area (Å²) in [4.78, 5) is 32.6. The summed E-state index contributed by atoms with van der Waals surface area (Å²) in [6, 6.07) is 10.7. The molecule has 0 saturated heterocycles. The fourth-order valence-electron chi connectivity index (χ4n) is 2.58. The summed E-state index contributed by atoms with van der Waals surface area (Å²) in [5.74, 6) is -0.418. The molecular formula is C19H18N4O4S. The Morgan fingerprint density at radius 1 is 1.25 bits per heavy atom. The first-order chi connectivity index (χ1) is 13.3. The lowest BCUT2D eigenvalue weighted by Crippen LogP contribution is -2.22. The molecule has 0 aliphatic carbocycles. The van der Waals surface area contributed by atoms with Gasteiger partial charge in [0, 0.05) is 19.2 Å². The normalized spacial score (nSPS) is 10.5. The van der Waals surface area contributed by atoms with Gasteiger partial charge in [0.1, 0.15) is 12.3 Å². The van der Waals surface area contributed by atoms with Crippen LogP contribution in [0.5, 0.6) is 5.75 Å². The molecule has 9 heteroatoms. The van der Waals surface area contributed by atoms with E-state index in [1.54, 1.807) is 18.4 Å². The minimum absolute atomic E-state index is 0.0294. The number of benzene rings is 1. The molecule has 8 nitrogen and oxygen atoms in total. The van der Waals surface area contributed by atoms with Crippen molar-refractivity contribution in [2.75, 3.05) is 4.90 Å². The third-order valence-corrected chi connectivity index (χ3v) is 4.71. The average Bonchev–Trinajstić information content (AvgIpc) is 3.08. The topological polar surface area (TPSA) is 98.5 Å². The van der Waals surface area contributed by atoms with Crippen molar-refractivity contribution in [1.29, 1.82) is 0 Å². The Hall–Kier alpha value is -3.33. The molecule has 3 rings (SSSR count). The van der Waals surface area contributed by atoms with E-state index in [9.17, 15) is 14.9 Å². The van der Waals surface area contributed by atoms with Gasteiger partial charge >= 0.3 is 5.82 Å². The average molecular weight is 398 g/mol. The lowest BCUT2D eigenvalue weighted by atomic mass is 10.2. The molecular weight excluding hydrogens is 380 g/mol. The van der Waals surface area contributed by atoms with Crippen LogP contribution in [-0.4, -0.2) is 20.8 Å². The van der Waals surface area contributed by atoms with E-state index in [2.05, 4.69) is 9.97 Å². The van der Waals surface area contributed by atoms with E-state index >= 15 is 0 Å². The summed E-state index contributed by atoms with van der Waals surface area (Å²) in [6.45, 7) is 5.12. The van der Waals surface area contributed by atoms with Crippen LogP contribution >= 0.6 is 11.3 Å².